The van der Waals surface area contributed by atoms with Crippen molar-refractivity contribution in [2.75, 3.05) is 26.8 Å². The second-order valence-corrected chi connectivity index (χ2v) is 7.88. The first kappa shape index (κ1) is 21.5. The van der Waals surface area contributed by atoms with E-state index in [1.807, 2.05) is 18.7 Å². The van der Waals surface area contributed by atoms with E-state index in [4.69, 9.17) is 4.74 Å². The molecular weight excluding hydrogens is 373 g/mol. The number of piperidine rings is 1. The van der Waals surface area contributed by atoms with Crippen molar-refractivity contribution in [1.29, 1.82) is 0 Å². The van der Waals surface area contributed by atoms with E-state index in [2.05, 4.69) is 5.32 Å². The molecule has 1 N–H and O–H groups in total. The average Bonchev–Trinajstić information content (AvgIpc) is 2.70. The molecule has 0 unspecified atom stereocenters. The SMILES string of the molecule is COCCCn1cc(C(=O)N(C(C)C)[C@@H]2CCCNC2)c(=O)c2ccc(F)cc21. The molecule has 1 aromatic carbocycles. The standard InChI is InChI=1S/C22H30FN3O3/c1-15(2)26(17-6-4-9-24-13-17)22(28)19-14-25(10-5-11-29-3)20-12-16(23)7-8-18(20)21(19)27/h7-8,12,14-15,17,24H,4-6,9-11,13H2,1-3H3/t17-/m1/s1. The highest BCUT2D eigenvalue weighted by molar-refractivity contribution is 5.97. The van der Waals surface area contributed by atoms with Crippen molar-refractivity contribution in [3.05, 3.63) is 46.0 Å². The largest absolute Gasteiger partial charge is 0.385 e. The summed E-state index contributed by atoms with van der Waals surface area (Å²) in [4.78, 5) is 28.5. The van der Waals surface area contributed by atoms with Crippen LogP contribution in [0, 0.1) is 5.82 Å². The number of methoxy groups -OCH3 is 1. The normalized spacial score (nSPS) is 17.1. The molecular formula is C22H30FN3O3. The zero-order valence-corrected chi connectivity index (χ0v) is 17.4. The number of aryl methyl sites for hydroxylation is 1. The third kappa shape index (κ3) is 4.67. The summed E-state index contributed by atoms with van der Waals surface area (Å²) in [5.41, 5.74) is 0.293. The number of pyridine rings is 1. The average molecular weight is 403 g/mol. The number of halogens is 1. The van der Waals surface area contributed by atoms with Gasteiger partial charge in [-0.1, -0.05) is 0 Å². The number of fused-ring (bicyclic) bond motifs is 1. The van der Waals surface area contributed by atoms with E-state index in [1.165, 1.54) is 18.2 Å². The lowest BCUT2D eigenvalue weighted by molar-refractivity contribution is 0.0571. The number of ether oxygens (including phenoxy) is 1. The number of benzene rings is 1. The van der Waals surface area contributed by atoms with E-state index < -0.39 is 5.82 Å². The van der Waals surface area contributed by atoms with Crippen LogP contribution < -0.4 is 10.7 Å². The summed E-state index contributed by atoms with van der Waals surface area (Å²) in [6.45, 7) is 6.69. The van der Waals surface area contributed by atoms with Gasteiger partial charge in [-0.3, -0.25) is 9.59 Å². The van der Waals surface area contributed by atoms with E-state index in [-0.39, 0.29) is 29.0 Å². The monoisotopic (exact) mass is 403 g/mol. The summed E-state index contributed by atoms with van der Waals surface area (Å²) in [5.74, 6) is -0.668. The Labute approximate surface area is 170 Å². The van der Waals surface area contributed by atoms with Gasteiger partial charge in [-0.2, -0.15) is 0 Å². The Morgan fingerprint density at radius 2 is 2.21 bits per heavy atom. The Morgan fingerprint density at radius 3 is 2.86 bits per heavy atom. The topological polar surface area (TPSA) is 63.6 Å². The predicted molar refractivity (Wildman–Crippen MR) is 112 cm³/mol. The molecule has 3 rings (SSSR count). The minimum atomic E-state index is -0.409. The number of nitrogens with zero attached hydrogens (tertiary/aromatic N) is 2. The Balaban J connectivity index is 2.07. The van der Waals surface area contributed by atoms with Gasteiger partial charge in [0, 0.05) is 50.5 Å². The van der Waals surface area contributed by atoms with Gasteiger partial charge in [-0.15, -0.1) is 0 Å². The highest BCUT2D eigenvalue weighted by Gasteiger charge is 2.30. The number of aromatic nitrogens is 1. The molecule has 29 heavy (non-hydrogen) atoms. The Morgan fingerprint density at radius 1 is 1.41 bits per heavy atom. The smallest absolute Gasteiger partial charge is 0.259 e. The molecule has 1 amide bonds. The van der Waals surface area contributed by atoms with Crippen LogP contribution in [0.1, 0.15) is 43.5 Å². The number of carbonyl (C=O) groups is 1. The summed E-state index contributed by atoms with van der Waals surface area (Å²) in [7, 11) is 1.62. The fourth-order valence-electron chi connectivity index (χ4n) is 4.11. The fourth-order valence-corrected chi connectivity index (χ4v) is 4.11. The first-order valence-corrected chi connectivity index (χ1v) is 10.3. The van der Waals surface area contributed by atoms with Crippen LogP contribution in [0.25, 0.3) is 10.9 Å². The maximum atomic E-state index is 13.9. The number of amides is 1. The summed E-state index contributed by atoms with van der Waals surface area (Å²) in [6, 6.07) is 4.11. The van der Waals surface area contributed by atoms with Crippen LogP contribution >= 0.6 is 0 Å². The van der Waals surface area contributed by atoms with Gasteiger partial charge in [0.15, 0.2) is 0 Å². The fraction of sp³-hybridized carbons (Fsp3) is 0.545. The van der Waals surface area contributed by atoms with E-state index in [0.717, 1.165) is 25.9 Å². The molecule has 7 heteroatoms. The summed E-state index contributed by atoms with van der Waals surface area (Å²) < 4.78 is 20.8. The van der Waals surface area contributed by atoms with Gasteiger partial charge in [0.25, 0.3) is 5.91 Å². The lowest BCUT2D eigenvalue weighted by Gasteiger charge is -2.37. The minimum absolute atomic E-state index is 0.0299. The molecule has 1 fully saturated rings. The van der Waals surface area contributed by atoms with Gasteiger partial charge in [-0.25, -0.2) is 4.39 Å². The van der Waals surface area contributed by atoms with Crippen LogP contribution in [-0.4, -0.2) is 54.3 Å². The van der Waals surface area contributed by atoms with Crippen molar-refractivity contribution >= 4 is 16.8 Å². The van der Waals surface area contributed by atoms with E-state index in [9.17, 15) is 14.0 Å². The summed E-state index contributed by atoms with van der Waals surface area (Å²) in [5, 5.41) is 3.70. The molecule has 1 aliphatic rings. The molecule has 0 radical (unpaired) electrons. The summed E-state index contributed by atoms with van der Waals surface area (Å²) >= 11 is 0. The molecule has 1 aromatic heterocycles. The Hall–Kier alpha value is -2.25. The van der Waals surface area contributed by atoms with Crippen molar-refractivity contribution in [3.63, 3.8) is 0 Å². The van der Waals surface area contributed by atoms with Gasteiger partial charge in [0.1, 0.15) is 11.4 Å². The second kappa shape index (κ2) is 9.50. The van der Waals surface area contributed by atoms with Crippen LogP contribution in [0.4, 0.5) is 4.39 Å². The van der Waals surface area contributed by atoms with E-state index in [1.54, 1.807) is 17.9 Å². The van der Waals surface area contributed by atoms with E-state index in [0.29, 0.717) is 30.5 Å². The maximum absolute atomic E-state index is 13.9. The molecule has 158 valence electrons. The lowest BCUT2D eigenvalue weighted by Crippen LogP contribution is -2.52. The first-order valence-electron chi connectivity index (χ1n) is 10.3. The lowest BCUT2D eigenvalue weighted by atomic mass is 10.0. The van der Waals surface area contributed by atoms with Crippen molar-refractivity contribution in [1.82, 2.24) is 14.8 Å². The second-order valence-electron chi connectivity index (χ2n) is 7.88. The number of nitrogens with one attached hydrogen (secondary N) is 1. The third-order valence-corrected chi connectivity index (χ3v) is 5.48. The van der Waals surface area contributed by atoms with Crippen molar-refractivity contribution in [3.8, 4) is 0 Å². The zero-order valence-electron chi connectivity index (χ0n) is 17.4. The van der Waals surface area contributed by atoms with Crippen LogP contribution in [0.2, 0.25) is 0 Å². The van der Waals surface area contributed by atoms with Gasteiger partial charge >= 0.3 is 0 Å². The number of rotatable bonds is 7. The molecule has 6 nitrogen and oxygen atoms in total. The molecule has 1 aliphatic heterocycles. The van der Waals surface area contributed by atoms with Gasteiger partial charge in [-0.05, 0) is 57.9 Å². The van der Waals surface area contributed by atoms with E-state index >= 15 is 0 Å². The van der Waals surface area contributed by atoms with Crippen LogP contribution in [0.15, 0.2) is 29.2 Å². The van der Waals surface area contributed by atoms with Crippen molar-refractivity contribution < 1.29 is 13.9 Å². The number of hydrogen-bond donors (Lipinski definition) is 1. The van der Waals surface area contributed by atoms with Crippen LogP contribution in [-0.2, 0) is 11.3 Å². The zero-order chi connectivity index (χ0) is 21.0. The molecule has 0 aliphatic carbocycles. The predicted octanol–water partition coefficient (Wildman–Crippen LogP) is 2.78. The minimum Gasteiger partial charge on any atom is -0.385 e. The van der Waals surface area contributed by atoms with Crippen molar-refractivity contribution in [2.24, 2.45) is 0 Å². The van der Waals surface area contributed by atoms with Gasteiger partial charge < -0.3 is 19.5 Å². The third-order valence-electron chi connectivity index (χ3n) is 5.48. The highest BCUT2D eigenvalue weighted by Crippen LogP contribution is 2.19. The molecule has 0 bridgehead atoms. The molecule has 1 atom stereocenters. The highest BCUT2D eigenvalue weighted by atomic mass is 19.1. The Bertz CT molecular complexity index is 919. The molecule has 1 saturated heterocycles. The molecule has 0 saturated carbocycles. The summed E-state index contributed by atoms with van der Waals surface area (Å²) in [6.07, 6.45) is 4.20. The number of hydrogen-bond acceptors (Lipinski definition) is 4. The Kier molecular flexibility index (Phi) is 7.03. The van der Waals surface area contributed by atoms with Crippen LogP contribution in [0.3, 0.4) is 0 Å². The molecule has 2 aromatic rings. The number of carbonyl (C=O) groups excluding carboxylic acids is 1. The first-order chi connectivity index (χ1) is 13.9. The van der Waals surface area contributed by atoms with Gasteiger partial charge in [0.2, 0.25) is 5.43 Å². The molecule has 0 spiro atoms. The van der Waals surface area contributed by atoms with Crippen molar-refractivity contribution in [2.45, 2.75) is 51.7 Å². The van der Waals surface area contributed by atoms with Crippen LogP contribution in [0.5, 0.6) is 0 Å². The molecule has 2 heterocycles. The quantitative estimate of drug-likeness (QED) is 0.722. The maximum Gasteiger partial charge on any atom is 0.259 e. The van der Waals surface area contributed by atoms with Gasteiger partial charge in [0.05, 0.1) is 5.52 Å².